The smallest absolute Gasteiger partial charge is 0.333 e. The number of hydrogen-bond donors (Lipinski definition) is 1. The zero-order chi connectivity index (χ0) is 26.1. The lowest BCUT2D eigenvalue weighted by atomic mass is 9.77. The molecular formula is C28H52N2O4. The molecule has 1 aliphatic carbocycles. The molecule has 6 nitrogen and oxygen atoms in total. The van der Waals surface area contributed by atoms with Gasteiger partial charge in [-0.2, -0.15) is 0 Å². The van der Waals surface area contributed by atoms with Crippen LogP contribution in [0.25, 0.3) is 0 Å². The molecule has 0 saturated heterocycles. The summed E-state index contributed by atoms with van der Waals surface area (Å²) < 4.78 is 5.03. The maximum absolute atomic E-state index is 12.8. The van der Waals surface area contributed by atoms with E-state index < -0.39 is 5.41 Å². The summed E-state index contributed by atoms with van der Waals surface area (Å²) in [7, 11) is 1.71. The van der Waals surface area contributed by atoms with E-state index in [1.807, 2.05) is 27.7 Å². The van der Waals surface area contributed by atoms with Gasteiger partial charge in [0.25, 0.3) is 0 Å². The number of rotatable bonds is 13. The second-order valence-electron chi connectivity index (χ2n) is 9.85. The predicted octanol–water partition coefficient (Wildman–Crippen LogP) is 6.04. The number of hydrogen-bond acceptors (Lipinski definition) is 4. The van der Waals surface area contributed by atoms with Gasteiger partial charge in [-0.3, -0.25) is 9.59 Å². The van der Waals surface area contributed by atoms with E-state index in [4.69, 9.17) is 4.74 Å². The maximum Gasteiger partial charge on any atom is 0.333 e. The molecule has 0 aromatic rings. The summed E-state index contributed by atoms with van der Waals surface area (Å²) in [5, 5.41) is 2.86. The second-order valence-corrected chi connectivity index (χ2v) is 9.85. The Kier molecular flexibility index (Phi) is 16.6. The van der Waals surface area contributed by atoms with E-state index in [-0.39, 0.29) is 36.3 Å². The quantitative estimate of drug-likeness (QED) is 0.257. The highest BCUT2D eigenvalue weighted by Crippen LogP contribution is 2.32. The van der Waals surface area contributed by atoms with Crippen molar-refractivity contribution in [3.63, 3.8) is 0 Å². The molecular weight excluding hydrogens is 428 g/mol. The number of esters is 1. The zero-order valence-corrected chi connectivity index (χ0v) is 23.3. The fourth-order valence-corrected chi connectivity index (χ4v) is 4.39. The van der Waals surface area contributed by atoms with E-state index in [9.17, 15) is 14.4 Å². The molecule has 1 N–H and O–H groups in total. The van der Waals surface area contributed by atoms with Crippen LogP contribution in [0.2, 0.25) is 0 Å². The van der Waals surface area contributed by atoms with E-state index in [0.717, 1.165) is 32.1 Å². The van der Waals surface area contributed by atoms with Crippen molar-refractivity contribution >= 4 is 17.8 Å². The van der Waals surface area contributed by atoms with Gasteiger partial charge < -0.3 is 15.0 Å². The summed E-state index contributed by atoms with van der Waals surface area (Å²) >= 11 is 0. The first-order chi connectivity index (χ1) is 16.1. The van der Waals surface area contributed by atoms with Gasteiger partial charge in [0, 0.05) is 18.0 Å². The molecule has 198 valence electrons. The Morgan fingerprint density at radius 1 is 1.00 bits per heavy atom. The highest BCUT2D eigenvalue weighted by Gasteiger charge is 2.34. The maximum atomic E-state index is 12.8. The molecule has 0 aromatic heterocycles. The van der Waals surface area contributed by atoms with Gasteiger partial charge in [-0.05, 0) is 39.0 Å². The normalized spacial score (nSPS) is 14.8. The Labute approximate surface area is 209 Å². The third-order valence-corrected chi connectivity index (χ3v) is 7.04. The van der Waals surface area contributed by atoms with Crippen molar-refractivity contribution in [3.8, 4) is 0 Å². The molecule has 0 radical (unpaired) electrons. The zero-order valence-electron chi connectivity index (χ0n) is 23.3. The van der Waals surface area contributed by atoms with Crippen LogP contribution in [0.4, 0.5) is 0 Å². The number of carbonyl (C=O) groups is 3. The summed E-state index contributed by atoms with van der Waals surface area (Å²) in [4.78, 5) is 39.1. The number of carbonyl (C=O) groups excluding carboxylic acids is 3. The average Bonchev–Trinajstić information content (AvgIpc) is 3.41. The lowest BCUT2D eigenvalue weighted by Gasteiger charge is -2.32. The van der Waals surface area contributed by atoms with Gasteiger partial charge in [-0.1, -0.05) is 85.6 Å². The Balaban J connectivity index is 0.00000190. The Morgan fingerprint density at radius 3 is 1.94 bits per heavy atom. The first-order valence-corrected chi connectivity index (χ1v) is 13.5. The van der Waals surface area contributed by atoms with Crippen LogP contribution in [0.15, 0.2) is 11.6 Å². The number of unbranched alkanes of at least 4 members (excludes halogenated alkanes) is 1. The standard InChI is InChI=1S/C23H42N2O4.C5H10/c1-9-13-14-23(10-2,11-3)22(28)24-16-20(26)25(8)19(17(5)6)15-18(7)21(27)29-12-4;1-2-4-5-3-1/h15,17,19H,9-14,16H2,1-8H3,(H,24,28);1-5H2/b18-15+;/t19-;/m1./s1. The molecule has 0 aromatic carbocycles. The molecule has 0 aliphatic heterocycles. The summed E-state index contributed by atoms with van der Waals surface area (Å²) in [6.45, 7) is 13.9. The average molecular weight is 481 g/mol. The van der Waals surface area contributed by atoms with Gasteiger partial charge in [0.2, 0.25) is 11.8 Å². The van der Waals surface area contributed by atoms with Gasteiger partial charge in [0.1, 0.15) is 0 Å². The molecule has 1 fully saturated rings. The predicted molar refractivity (Wildman–Crippen MR) is 140 cm³/mol. The molecule has 0 spiro atoms. The number of likely N-dealkylation sites (N-methyl/N-ethyl adjacent to an activating group) is 1. The van der Waals surface area contributed by atoms with Crippen LogP contribution >= 0.6 is 0 Å². The van der Waals surface area contributed by atoms with E-state index >= 15 is 0 Å². The van der Waals surface area contributed by atoms with E-state index in [0.29, 0.717) is 12.2 Å². The molecule has 0 bridgehead atoms. The van der Waals surface area contributed by atoms with Crippen LogP contribution in [0, 0.1) is 11.3 Å². The fraction of sp³-hybridized carbons (Fsp3) is 0.821. The lowest BCUT2D eigenvalue weighted by molar-refractivity contribution is -0.138. The molecule has 1 saturated carbocycles. The lowest BCUT2D eigenvalue weighted by Crippen LogP contribution is -2.48. The number of nitrogens with one attached hydrogen (secondary N) is 1. The largest absolute Gasteiger partial charge is 0.463 e. The first kappa shape index (κ1) is 32.1. The van der Waals surface area contributed by atoms with Crippen molar-refractivity contribution in [2.24, 2.45) is 11.3 Å². The van der Waals surface area contributed by atoms with Crippen molar-refractivity contribution in [3.05, 3.63) is 11.6 Å². The van der Waals surface area contributed by atoms with E-state index in [1.54, 1.807) is 31.9 Å². The molecule has 1 atom stereocenters. The third kappa shape index (κ3) is 11.1. The van der Waals surface area contributed by atoms with Gasteiger partial charge in [-0.25, -0.2) is 4.79 Å². The Morgan fingerprint density at radius 2 is 1.53 bits per heavy atom. The SMILES string of the molecule is C1CCCC1.CCCCC(CC)(CC)C(=O)NCC(=O)N(C)[C@H](/C=C(\C)C(=O)OCC)C(C)C. The van der Waals surface area contributed by atoms with Crippen LogP contribution < -0.4 is 5.32 Å². The van der Waals surface area contributed by atoms with Crippen molar-refractivity contribution in [2.45, 2.75) is 119 Å². The fourth-order valence-electron chi connectivity index (χ4n) is 4.39. The minimum atomic E-state index is -0.410. The van der Waals surface area contributed by atoms with Crippen LogP contribution in [0.5, 0.6) is 0 Å². The molecule has 1 aliphatic rings. The van der Waals surface area contributed by atoms with Crippen molar-refractivity contribution in [2.75, 3.05) is 20.2 Å². The van der Waals surface area contributed by atoms with Crippen molar-refractivity contribution < 1.29 is 19.1 Å². The number of nitrogens with zero attached hydrogens (tertiary/aromatic N) is 1. The summed E-state index contributed by atoms with van der Waals surface area (Å²) in [6, 6.07) is -0.258. The van der Waals surface area contributed by atoms with Crippen molar-refractivity contribution in [1.82, 2.24) is 10.2 Å². The molecule has 34 heavy (non-hydrogen) atoms. The van der Waals surface area contributed by atoms with E-state index in [1.165, 1.54) is 32.1 Å². The minimum absolute atomic E-state index is 0.0429. The Bertz CT molecular complexity index is 627. The Hall–Kier alpha value is -1.85. The monoisotopic (exact) mass is 480 g/mol. The number of amides is 2. The van der Waals surface area contributed by atoms with E-state index in [2.05, 4.69) is 12.2 Å². The van der Waals surface area contributed by atoms with Gasteiger partial charge >= 0.3 is 5.97 Å². The minimum Gasteiger partial charge on any atom is -0.463 e. The van der Waals surface area contributed by atoms with Gasteiger partial charge in [-0.15, -0.1) is 0 Å². The van der Waals surface area contributed by atoms with Gasteiger partial charge in [0.15, 0.2) is 0 Å². The highest BCUT2D eigenvalue weighted by atomic mass is 16.5. The molecule has 2 amide bonds. The van der Waals surface area contributed by atoms with Crippen LogP contribution in [-0.2, 0) is 19.1 Å². The molecule has 6 heteroatoms. The first-order valence-electron chi connectivity index (χ1n) is 13.5. The van der Waals surface area contributed by atoms with Crippen molar-refractivity contribution in [1.29, 1.82) is 0 Å². The number of ether oxygens (including phenoxy) is 1. The summed E-state index contributed by atoms with van der Waals surface area (Å²) in [6.07, 6.45) is 13.7. The third-order valence-electron chi connectivity index (χ3n) is 7.04. The topological polar surface area (TPSA) is 75.7 Å². The van der Waals surface area contributed by atoms with Crippen LogP contribution in [0.3, 0.4) is 0 Å². The molecule has 1 rings (SSSR count). The second kappa shape index (κ2) is 17.6. The highest BCUT2D eigenvalue weighted by molar-refractivity contribution is 5.89. The van der Waals surface area contributed by atoms with Crippen LogP contribution in [0.1, 0.15) is 113 Å². The molecule has 0 unspecified atom stereocenters. The summed E-state index contributed by atoms with van der Waals surface area (Å²) in [5.41, 5.74) is 0.0666. The van der Waals surface area contributed by atoms with Gasteiger partial charge in [0.05, 0.1) is 19.2 Å². The van der Waals surface area contributed by atoms with Crippen LogP contribution in [-0.4, -0.2) is 48.9 Å². The molecule has 0 heterocycles. The summed E-state index contributed by atoms with van der Waals surface area (Å²) in [5.74, 6) is -0.489.